The quantitative estimate of drug-likeness (QED) is 0.856. The number of benzene rings is 2. The predicted octanol–water partition coefficient (Wildman–Crippen LogP) is 2.35. The van der Waals surface area contributed by atoms with Crippen molar-refractivity contribution in [1.29, 1.82) is 0 Å². The molecule has 0 bridgehead atoms. The summed E-state index contributed by atoms with van der Waals surface area (Å²) < 4.78 is 24.1. The number of ether oxygens (including phenoxy) is 2. The maximum Gasteiger partial charge on any atom is 0.238 e. The number of amides is 1. The SMILES string of the molecule is O=C(CN1CCN(Cc2ccc(F)cc2)CC1)Nc1ccc2c(c1)OCCO2. The third-order valence-corrected chi connectivity index (χ3v) is 4.98. The average molecular weight is 385 g/mol. The summed E-state index contributed by atoms with van der Waals surface area (Å²) in [6, 6.07) is 12.1. The second-order valence-electron chi connectivity index (χ2n) is 7.09. The molecule has 1 saturated heterocycles. The summed E-state index contributed by atoms with van der Waals surface area (Å²) in [6.45, 7) is 5.66. The first-order valence-corrected chi connectivity index (χ1v) is 9.54. The van der Waals surface area contributed by atoms with Gasteiger partial charge in [-0.3, -0.25) is 14.6 Å². The number of nitrogens with one attached hydrogen (secondary N) is 1. The Bertz CT molecular complexity index is 820. The van der Waals surface area contributed by atoms with E-state index >= 15 is 0 Å². The van der Waals surface area contributed by atoms with Crippen molar-refractivity contribution in [2.45, 2.75) is 6.54 Å². The lowest BCUT2D eigenvalue weighted by Crippen LogP contribution is -2.48. The minimum absolute atomic E-state index is 0.0383. The van der Waals surface area contributed by atoms with Gasteiger partial charge in [0.05, 0.1) is 6.54 Å². The summed E-state index contributed by atoms with van der Waals surface area (Å²) in [5, 5.41) is 2.93. The van der Waals surface area contributed by atoms with Crippen molar-refractivity contribution in [2.75, 3.05) is 51.3 Å². The molecule has 0 spiro atoms. The topological polar surface area (TPSA) is 54.0 Å². The molecular formula is C21H24FN3O3. The summed E-state index contributed by atoms with van der Waals surface area (Å²) in [5.74, 6) is 1.13. The van der Waals surface area contributed by atoms with Crippen LogP contribution in [0.4, 0.5) is 10.1 Å². The normalized spacial score (nSPS) is 17.3. The first kappa shape index (κ1) is 18.7. The van der Waals surface area contributed by atoms with Crippen LogP contribution in [0.3, 0.4) is 0 Å². The van der Waals surface area contributed by atoms with Gasteiger partial charge in [0.2, 0.25) is 5.91 Å². The monoisotopic (exact) mass is 385 g/mol. The molecule has 2 aromatic carbocycles. The molecule has 2 aliphatic heterocycles. The molecule has 0 atom stereocenters. The van der Waals surface area contributed by atoms with Crippen LogP contribution in [-0.4, -0.2) is 61.6 Å². The van der Waals surface area contributed by atoms with Gasteiger partial charge in [-0.05, 0) is 29.8 Å². The third-order valence-electron chi connectivity index (χ3n) is 4.98. The summed E-state index contributed by atoms with van der Waals surface area (Å²) >= 11 is 0. The van der Waals surface area contributed by atoms with Gasteiger partial charge >= 0.3 is 0 Å². The van der Waals surface area contributed by atoms with Crippen LogP contribution in [0.5, 0.6) is 11.5 Å². The molecule has 2 aromatic rings. The number of carbonyl (C=O) groups is 1. The first-order chi connectivity index (χ1) is 13.7. The molecule has 1 N–H and O–H groups in total. The summed E-state index contributed by atoms with van der Waals surface area (Å²) in [6.07, 6.45) is 0. The highest BCUT2D eigenvalue weighted by molar-refractivity contribution is 5.92. The Morgan fingerprint density at radius 3 is 2.36 bits per heavy atom. The molecule has 7 heteroatoms. The van der Waals surface area contributed by atoms with Crippen molar-refractivity contribution in [1.82, 2.24) is 9.80 Å². The van der Waals surface area contributed by atoms with Crippen LogP contribution in [0.1, 0.15) is 5.56 Å². The Balaban J connectivity index is 1.23. The van der Waals surface area contributed by atoms with Gasteiger partial charge < -0.3 is 14.8 Å². The maximum atomic E-state index is 13.0. The van der Waals surface area contributed by atoms with Crippen LogP contribution >= 0.6 is 0 Å². The average Bonchev–Trinajstić information content (AvgIpc) is 2.71. The van der Waals surface area contributed by atoms with E-state index < -0.39 is 0 Å². The minimum atomic E-state index is -0.211. The van der Waals surface area contributed by atoms with Crippen LogP contribution in [0.15, 0.2) is 42.5 Å². The molecule has 0 unspecified atom stereocenters. The molecule has 1 fully saturated rings. The lowest BCUT2D eigenvalue weighted by atomic mass is 10.2. The number of anilines is 1. The molecule has 0 radical (unpaired) electrons. The fraction of sp³-hybridized carbons (Fsp3) is 0.381. The van der Waals surface area contributed by atoms with Crippen molar-refractivity contribution in [3.63, 3.8) is 0 Å². The number of hydrogen-bond donors (Lipinski definition) is 1. The van der Waals surface area contributed by atoms with Gasteiger partial charge in [0.25, 0.3) is 0 Å². The highest BCUT2D eigenvalue weighted by Gasteiger charge is 2.19. The smallest absolute Gasteiger partial charge is 0.238 e. The van der Waals surface area contributed by atoms with Crippen LogP contribution in [0, 0.1) is 5.82 Å². The van der Waals surface area contributed by atoms with Gasteiger partial charge in [-0.1, -0.05) is 12.1 Å². The fourth-order valence-corrected chi connectivity index (χ4v) is 3.48. The van der Waals surface area contributed by atoms with E-state index in [1.165, 1.54) is 12.1 Å². The van der Waals surface area contributed by atoms with Crippen molar-refractivity contribution in [2.24, 2.45) is 0 Å². The zero-order valence-corrected chi connectivity index (χ0v) is 15.7. The van der Waals surface area contributed by atoms with Gasteiger partial charge in [0.15, 0.2) is 11.5 Å². The lowest BCUT2D eigenvalue weighted by Gasteiger charge is -2.34. The molecule has 6 nitrogen and oxygen atoms in total. The number of hydrogen-bond acceptors (Lipinski definition) is 5. The zero-order chi connectivity index (χ0) is 19.3. The third kappa shape index (κ3) is 4.79. The van der Waals surface area contributed by atoms with E-state index in [1.54, 1.807) is 6.07 Å². The summed E-state index contributed by atoms with van der Waals surface area (Å²) in [7, 11) is 0. The van der Waals surface area contributed by atoms with Gasteiger partial charge in [0, 0.05) is 44.5 Å². The molecule has 0 aliphatic carbocycles. The van der Waals surface area contributed by atoms with E-state index in [9.17, 15) is 9.18 Å². The van der Waals surface area contributed by atoms with Crippen LogP contribution < -0.4 is 14.8 Å². The van der Waals surface area contributed by atoms with E-state index in [4.69, 9.17) is 9.47 Å². The van der Waals surface area contributed by atoms with Crippen LogP contribution in [0.25, 0.3) is 0 Å². The Hall–Kier alpha value is -2.64. The number of piperazine rings is 1. The number of halogens is 1. The highest BCUT2D eigenvalue weighted by atomic mass is 19.1. The highest BCUT2D eigenvalue weighted by Crippen LogP contribution is 2.32. The minimum Gasteiger partial charge on any atom is -0.486 e. The Labute approximate surface area is 163 Å². The molecule has 0 saturated carbocycles. The summed E-state index contributed by atoms with van der Waals surface area (Å²) in [5.41, 5.74) is 1.82. The second kappa shape index (κ2) is 8.58. The van der Waals surface area contributed by atoms with E-state index in [2.05, 4.69) is 15.1 Å². The van der Waals surface area contributed by atoms with E-state index in [1.807, 2.05) is 24.3 Å². The van der Waals surface area contributed by atoms with E-state index in [0.717, 1.165) is 38.3 Å². The number of nitrogens with zero attached hydrogens (tertiary/aromatic N) is 2. The summed E-state index contributed by atoms with van der Waals surface area (Å²) in [4.78, 5) is 16.8. The predicted molar refractivity (Wildman–Crippen MR) is 104 cm³/mol. The van der Waals surface area contributed by atoms with Crippen LogP contribution in [0.2, 0.25) is 0 Å². The first-order valence-electron chi connectivity index (χ1n) is 9.54. The number of fused-ring (bicyclic) bond motifs is 1. The molecule has 2 heterocycles. The molecule has 4 rings (SSSR count). The van der Waals surface area contributed by atoms with Gasteiger partial charge in [0.1, 0.15) is 19.0 Å². The molecule has 28 heavy (non-hydrogen) atoms. The number of rotatable bonds is 5. The Morgan fingerprint density at radius 1 is 0.929 bits per heavy atom. The van der Waals surface area contributed by atoms with E-state index in [0.29, 0.717) is 36.9 Å². The molecule has 148 valence electrons. The molecule has 0 aromatic heterocycles. The second-order valence-corrected chi connectivity index (χ2v) is 7.09. The van der Waals surface area contributed by atoms with Crippen LogP contribution in [-0.2, 0) is 11.3 Å². The number of carbonyl (C=O) groups excluding carboxylic acids is 1. The van der Waals surface area contributed by atoms with Crippen molar-refractivity contribution < 1.29 is 18.7 Å². The van der Waals surface area contributed by atoms with Crippen molar-refractivity contribution >= 4 is 11.6 Å². The van der Waals surface area contributed by atoms with Gasteiger partial charge in [-0.2, -0.15) is 0 Å². The molecular weight excluding hydrogens is 361 g/mol. The van der Waals surface area contributed by atoms with Crippen molar-refractivity contribution in [3.05, 3.63) is 53.8 Å². The van der Waals surface area contributed by atoms with Gasteiger partial charge in [-0.15, -0.1) is 0 Å². The van der Waals surface area contributed by atoms with Gasteiger partial charge in [-0.25, -0.2) is 4.39 Å². The Kier molecular flexibility index (Phi) is 5.73. The van der Waals surface area contributed by atoms with E-state index in [-0.39, 0.29) is 11.7 Å². The molecule has 1 amide bonds. The fourth-order valence-electron chi connectivity index (χ4n) is 3.48. The lowest BCUT2D eigenvalue weighted by molar-refractivity contribution is -0.117. The standard InChI is InChI=1S/C21H24FN3O3/c22-17-3-1-16(2-4-17)14-24-7-9-25(10-8-24)15-21(26)23-18-5-6-19-20(13-18)28-12-11-27-19/h1-6,13H,7-12,14-15H2,(H,23,26). The zero-order valence-electron chi connectivity index (χ0n) is 15.7. The molecule has 2 aliphatic rings. The largest absolute Gasteiger partial charge is 0.486 e. The Morgan fingerprint density at radius 2 is 1.61 bits per heavy atom. The maximum absolute atomic E-state index is 13.0. The van der Waals surface area contributed by atoms with Crippen molar-refractivity contribution in [3.8, 4) is 11.5 Å².